The average Bonchev–Trinajstić information content (AvgIpc) is 3.17. The van der Waals surface area contributed by atoms with Crippen molar-refractivity contribution in [1.29, 1.82) is 0 Å². The fraction of sp³-hybridized carbons (Fsp3) is 0.174. The number of hydrogen-bond donors (Lipinski definition) is 1. The van der Waals surface area contributed by atoms with E-state index in [2.05, 4.69) is 25.8 Å². The molecule has 0 saturated carbocycles. The van der Waals surface area contributed by atoms with Gasteiger partial charge in [-0.3, -0.25) is 9.78 Å². The summed E-state index contributed by atoms with van der Waals surface area (Å²) in [6.07, 6.45) is 3.18. The number of fused-ring (bicyclic) bond motifs is 3. The second kappa shape index (κ2) is 7.51. The highest BCUT2D eigenvalue weighted by Crippen LogP contribution is 2.32. The van der Waals surface area contributed by atoms with Crippen LogP contribution in [0.4, 0.5) is 11.4 Å². The van der Waals surface area contributed by atoms with Gasteiger partial charge in [-0.25, -0.2) is 4.98 Å². The molecule has 0 fully saturated rings. The van der Waals surface area contributed by atoms with Crippen LogP contribution in [0.25, 0.3) is 11.0 Å². The molecule has 150 valence electrons. The molecule has 1 amide bonds. The lowest BCUT2D eigenvalue weighted by Gasteiger charge is -2.30. The predicted octanol–water partition coefficient (Wildman–Crippen LogP) is 3.71. The molecule has 3 heterocycles. The number of benzene rings is 2. The molecule has 0 bridgehead atoms. The number of rotatable bonds is 4. The molecule has 0 unspecified atom stereocenters. The molecular weight excluding hydrogens is 378 g/mol. The van der Waals surface area contributed by atoms with E-state index in [1.807, 2.05) is 36.4 Å². The maximum absolute atomic E-state index is 12.6. The fourth-order valence-corrected chi connectivity index (χ4v) is 3.87. The number of carbonyl (C=O) groups excluding carboxylic acids is 1. The van der Waals surface area contributed by atoms with Gasteiger partial charge in [-0.05, 0) is 42.5 Å². The van der Waals surface area contributed by atoms with Gasteiger partial charge in [0, 0.05) is 31.2 Å². The van der Waals surface area contributed by atoms with Crippen LogP contribution in [0.3, 0.4) is 0 Å². The average molecular weight is 399 g/mol. The number of anilines is 2. The first-order chi connectivity index (χ1) is 14.7. The first-order valence-corrected chi connectivity index (χ1v) is 9.81. The van der Waals surface area contributed by atoms with Crippen molar-refractivity contribution in [2.75, 3.05) is 23.9 Å². The minimum atomic E-state index is -0.223. The van der Waals surface area contributed by atoms with Crippen LogP contribution in [0.2, 0.25) is 0 Å². The van der Waals surface area contributed by atoms with Crippen LogP contribution >= 0.6 is 0 Å². The van der Waals surface area contributed by atoms with Crippen LogP contribution in [0.5, 0.6) is 5.75 Å². The van der Waals surface area contributed by atoms with Gasteiger partial charge in [0.05, 0.1) is 35.9 Å². The third-order valence-electron chi connectivity index (χ3n) is 5.38. The van der Waals surface area contributed by atoms with Gasteiger partial charge in [-0.1, -0.05) is 12.1 Å². The highest BCUT2D eigenvalue weighted by atomic mass is 16.5. The number of para-hydroxylation sites is 2. The summed E-state index contributed by atoms with van der Waals surface area (Å²) in [5.74, 6) is 1.43. The van der Waals surface area contributed by atoms with E-state index < -0.39 is 0 Å². The van der Waals surface area contributed by atoms with Crippen molar-refractivity contribution in [1.82, 2.24) is 14.5 Å². The summed E-state index contributed by atoms with van der Waals surface area (Å²) in [7, 11) is 1.60. The Morgan fingerprint density at radius 3 is 2.83 bits per heavy atom. The number of ether oxygens (including phenoxy) is 1. The summed E-state index contributed by atoms with van der Waals surface area (Å²) < 4.78 is 7.73. The van der Waals surface area contributed by atoms with E-state index in [0.29, 0.717) is 23.5 Å². The number of methoxy groups -OCH3 is 1. The van der Waals surface area contributed by atoms with E-state index in [4.69, 9.17) is 9.72 Å². The molecule has 0 saturated heterocycles. The Morgan fingerprint density at radius 1 is 1.10 bits per heavy atom. The third-order valence-corrected chi connectivity index (χ3v) is 5.38. The molecule has 0 spiro atoms. The number of hydrogen-bond acceptors (Lipinski definition) is 5. The number of imidazole rings is 1. The molecule has 7 heteroatoms. The lowest BCUT2D eigenvalue weighted by molar-refractivity contribution is 0.102. The number of pyridine rings is 1. The summed E-state index contributed by atoms with van der Waals surface area (Å²) in [5, 5.41) is 2.95. The van der Waals surface area contributed by atoms with Gasteiger partial charge in [-0.2, -0.15) is 0 Å². The number of nitrogens with zero attached hydrogens (tertiary/aromatic N) is 4. The van der Waals surface area contributed by atoms with E-state index in [9.17, 15) is 4.79 Å². The monoisotopic (exact) mass is 399 g/mol. The maximum atomic E-state index is 12.6. The van der Waals surface area contributed by atoms with Crippen molar-refractivity contribution in [3.63, 3.8) is 0 Å². The lowest BCUT2D eigenvalue weighted by Crippen LogP contribution is -2.33. The van der Waals surface area contributed by atoms with E-state index in [1.54, 1.807) is 31.6 Å². The molecule has 0 atom stereocenters. The van der Waals surface area contributed by atoms with Crippen LogP contribution in [-0.4, -0.2) is 34.1 Å². The van der Waals surface area contributed by atoms with Crippen LogP contribution in [0, 0.1) is 0 Å². The van der Waals surface area contributed by atoms with Gasteiger partial charge in [0.1, 0.15) is 11.6 Å². The van der Waals surface area contributed by atoms with Gasteiger partial charge in [0.25, 0.3) is 5.91 Å². The maximum Gasteiger partial charge on any atom is 0.257 e. The van der Waals surface area contributed by atoms with Crippen molar-refractivity contribution in [3.8, 4) is 5.75 Å². The molecule has 1 aliphatic rings. The minimum absolute atomic E-state index is 0.223. The van der Waals surface area contributed by atoms with Crippen molar-refractivity contribution in [2.24, 2.45) is 0 Å². The number of nitrogens with one attached hydrogen (secondary N) is 1. The molecule has 30 heavy (non-hydrogen) atoms. The second-order valence-corrected chi connectivity index (χ2v) is 7.17. The van der Waals surface area contributed by atoms with Gasteiger partial charge in [0.2, 0.25) is 0 Å². The molecular formula is C23H21N5O2. The zero-order valence-corrected chi connectivity index (χ0v) is 16.6. The van der Waals surface area contributed by atoms with Gasteiger partial charge in [0.15, 0.2) is 0 Å². The Labute approximate surface area is 173 Å². The smallest absolute Gasteiger partial charge is 0.257 e. The molecule has 2 aromatic carbocycles. The van der Waals surface area contributed by atoms with Gasteiger partial charge in [-0.15, -0.1) is 0 Å². The summed E-state index contributed by atoms with van der Waals surface area (Å²) in [4.78, 5) is 23.7. The van der Waals surface area contributed by atoms with E-state index in [0.717, 1.165) is 30.1 Å². The standard InChI is InChI=1S/C23H21N5O2/c1-30-21-9-8-17(13-19(21)26-23(29)16-5-4-10-24-14-16)27-11-12-28-20-7-3-2-6-18(20)25-22(28)15-27/h2-10,13-14H,11-12,15H2,1H3,(H,26,29). The molecule has 1 N–H and O–H groups in total. The first-order valence-electron chi connectivity index (χ1n) is 9.81. The van der Waals surface area contributed by atoms with Gasteiger partial charge < -0.3 is 19.5 Å². The van der Waals surface area contributed by atoms with E-state index >= 15 is 0 Å². The van der Waals surface area contributed by atoms with E-state index in [-0.39, 0.29) is 5.91 Å². The second-order valence-electron chi connectivity index (χ2n) is 7.17. The Morgan fingerprint density at radius 2 is 2.00 bits per heavy atom. The van der Waals surface area contributed by atoms with Crippen LogP contribution in [0.1, 0.15) is 16.2 Å². The Hall–Kier alpha value is -3.87. The lowest BCUT2D eigenvalue weighted by atomic mass is 10.2. The summed E-state index contributed by atoms with van der Waals surface area (Å²) in [6, 6.07) is 17.5. The van der Waals surface area contributed by atoms with E-state index in [1.165, 1.54) is 5.52 Å². The molecule has 4 aromatic rings. The van der Waals surface area contributed by atoms with Crippen molar-refractivity contribution in [3.05, 3.63) is 78.4 Å². The van der Waals surface area contributed by atoms with Crippen molar-refractivity contribution in [2.45, 2.75) is 13.1 Å². The highest BCUT2D eigenvalue weighted by molar-refractivity contribution is 6.05. The Bertz CT molecular complexity index is 1220. The van der Waals surface area contributed by atoms with Gasteiger partial charge >= 0.3 is 0 Å². The first kappa shape index (κ1) is 18.2. The topological polar surface area (TPSA) is 72.3 Å². The number of amides is 1. The Balaban J connectivity index is 1.42. The molecule has 0 aliphatic carbocycles. The largest absolute Gasteiger partial charge is 0.495 e. The Kier molecular flexibility index (Phi) is 4.55. The summed E-state index contributed by atoms with van der Waals surface area (Å²) in [5.41, 5.74) is 4.33. The molecule has 1 aliphatic heterocycles. The quantitative estimate of drug-likeness (QED) is 0.566. The minimum Gasteiger partial charge on any atom is -0.495 e. The van der Waals surface area contributed by atoms with Crippen LogP contribution < -0.4 is 15.0 Å². The fourth-order valence-electron chi connectivity index (χ4n) is 3.87. The zero-order chi connectivity index (χ0) is 20.5. The molecule has 0 radical (unpaired) electrons. The zero-order valence-electron chi connectivity index (χ0n) is 16.6. The normalized spacial score (nSPS) is 13.2. The highest BCUT2D eigenvalue weighted by Gasteiger charge is 2.21. The number of carbonyl (C=O) groups is 1. The van der Waals surface area contributed by atoms with Crippen LogP contribution in [-0.2, 0) is 13.1 Å². The predicted molar refractivity (Wildman–Crippen MR) is 116 cm³/mol. The molecule has 7 nitrogen and oxygen atoms in total. The van der Waals surface area contributed by atoms with Crippen molar-refractivity contribution >= 4 is 28.3 Å². The van der Waals surface area contributed by atoms with Crippen molar-refractivity contribution < 1.29 is 9.53 Å². The SMILES string of the molecule is COc1ccc(N2CCn3c(nc4ccccc43)C2)cc1NC(=O)c1cccnc1. The number of aromatic nitrogens is 3. The van der Waals surface area contributed by atoms with Crippen LogP contribution in [0.15, 0.2) is 67.0 Å². The molecule has 2 aromatic heterocycles. The third kappa shape index (κ3) is 3.24. The molecule has 5 rings (SSSR count). The summed E-state index contributed by atoms with van der Waals surface area (Å²) in [6.45, 7) is 2.42. The summed E-state index contributed by atoms with van der Waals surface area (Å²) >= 11 is 0.